The minimum absolute atomic E-state index is 0. The minimum atomic E-state index is 0. The lowest BCUT2D eigenvalue weighted by atomic mass is 10.2. The lowest BCUT2D eigenvalue weighted by Gasteiger charge is -2.16. The first kappa shape index (κ1) is 25.2. The van der Waals surface area contributed by atoms with Crippen molar-refractivity contribution in [3.8, 4) is 17.2 Å². The van der Waals surface area contributed by atoms with Crippen LogP contribution >= 0.6 is 35.6 Å². The van der Waals surface area contributed by atoms with Crippen LogP contribution in [0.2, 0.25) is 5.02 Å². The van der Waals surface area contributed by atoms with Gasteiger partial charge in [0, 0.05) is 25.7 Å². The number of hydrogen-bond acceptors (Lipinski definition) is 4. The van der Waals surface area contributed by atoms with Crippen molar-refractivity contribution in [3.05, 3.63) is 52.5 Å². The van der Waals surface area contributed by atoms with Crippen molar-refractivity contribution in [1.29, 1.82) is 0 Å². The highest BCUT2D eigenvalue weighted by atomic mass is 127. The molecule has 0 atom stereocenters. The van der Waals surface area contributed by atoms with Crippen LogP contribution in [0, 0.1) is 0 Å². The van der Waals surface area contributed by atoms with E-state index in [4.69, 9.17) is 25.8 Å². The Kier molecular flexibility index (Phi) is 11.6. The lowest BCUT2D eigenvalue weighted by Crippen LogP contribution is -2.36. The Morgan fingerprint density at radius 2 is 1.69 bits per heavy atom. The molecule has 160 valence electrons. The number of benzene rings is 2. The van der Waals surface area contributed by atoms with Gasteiger partial charge < -0.3 is 24.8 Å². The van der Waals surface area contributed by atoms with Crippen molar-refractivity contribution >= 4 is 41.5 Å². The second-order valence-electron chi connectivity index (χ2n) is 5.86. The number of nitrogens with one attached hydrogen (secondary N) is 2. The number of rotatable bonds is 9. The van der Waals surface area contributed by atoms with Crippen LogP contribution in [0.15, 0.2) is 41.4 Å². The van der Waals surface area contributed by atoms with Crippen LogP contribution < -0.4 is 24.8 Å². The normalized spacial score (nSPS) is 10.7. The first-order valence-electron chi connectivity index (χ1n) is 9.27. The van der Waals surface area contributed by atoms with Gasteiger partial charge in [0.05, 0.1) is 25.3 Å². The molecule has 0 unspecified atom stereocenters. The van der Waals surface area contributed by atoms with Crippen molar-refractivity contribution < 1.29 is 14.2 Å². The molecule has 0 aliphatic carbocycles. The summed E-state index contributed by atoms with van der Waals surface area (Å²) in [5.41, 5.74) is 2.03. The van der Waals surface area contributed by atoms with Crippen LogP contribution in [-0.4, -0.2) is 33.3 Å². The zero-order valence-corrected chi connectivity index (χ0v) is 20.3. The van der Waals surface area contributed by atoms with Crippen LogP contribution in [0.5, 0.6) is 17.2 Å². The van der Waals surface area contributed by atoms with Crippen molar-refractivity contribution in [1.82, 2.24) is 10.6 Å². The molecular weight excluding hydrogens is 505 g/mol. The molecule has 2 rings (SSSR count). The van der Waals surface area contributed by atoms with Gasteiger partial charge in [0.15, 0.2) is 17.5 Å². The van der Waals surface area contributed by atoms with Gasteiger partial charge in [-0.2, -0.15) is 0 Å². The Morgan fingerprint density at radius 1 is 1.00 bits per heavy atom. The van der Waals surface area contributed by atoms with E-state index >= 15 is 0 Å². The molecule has 2 aromatic carbocycles. The number of guanidine groups is 1. The summed E-state index contributed by atoms with van der Waals surface area (Å²) in [6.07, 6.45) is 0. The second-order valence-corrected chi connectivity index (χ2v) is 6.27. The van der Waals surface area contributed by atoms with E-state index in [1.165, 1.54) is 0 Å². The fourth-order valence-corrected chi connectivity index (χ4v) is 2.98. The van der Waals surface area contributed by atoms with Gasteiger partial charge in [-0.15, -0.1) is 24.0 Å². The summed E-state index contributed by atoms with van der Waals surface area (Å²) in [6, 6.07) is 11.7. The zero-order valence-electron chi connectivity index (χ0n) is 17.3. The third-order valence-electron chi connectivity index (χ3n) is 3.98. The summed E-state index contributed by atoms with van der Waals surface area (Å²) >= 11 is 6.34. The van der Waals surface area contributed by atoms with Crippen LogP contribution in [0.3, 0.4) is 0 Å². The van der Waals surface area contributed by atoms with E-state index in [-0.39, 0.29) is 24.0 Å². The van der Waals surface area contributed by atoms with Crippen LogP contribution in [0.1, 0.15) is 25.0 Å². The Labute approximate surface area is 195 Å². The van der Waals surface area contributed by atoms with Crippen molar-refractivity contribution in [2.24, 2.45) is 4.99 Å². The predicted octanol–water partition coefficient (Wildman–Crippen LogP) is 4.63. The summed E-state index contributed by atoms with van der Waals surface area (Å²) in [7, 11) is 3.33. The molecule has 0 fully saturated rings. The average Bonchev–Trinajstić information content (AvgIpc) is 2.71. The van der Waals surface area contributed by atoms with Gasteiger partial charge in [-0.3, -0.25) is 4.99 Å². The maximum absolute atomic E-state index is 6.34. The first-order valence-corrected chi connectivity index (χ1v) is 9.65. The van der Waals surface area contributed by atoms with Crippen LogP contribution in [-0.2, 0) is 13.1 Å². The van der Waals surface area contributed by atoms with E-state index in [9.17, 15) is 0 Å². The quantitative estimate of drug-likeness (QED) is 0.280. The number of para-hydroxylation sites is 1. The number of hydrogen-bond donors (Lipinski definition) is 2. The van der Waals surface area contributed by atoms with Gasteiger partial charge in [0.1, 0.15) is 5.75 Å². The molecule has 0 spiro atoms. The summed E-state index contributed by atoms with van der Waals surface area (Å²) in [5.74, 6) is 2.72. The van der Waals surface area contributed by atoms with Crippen molar-refractivity contribution in [2.75, 3.05) is 27.4 Å². The van der Waals surface area contributed by atoms with E-state index < -0.39 is 0 Å². The average molecular weight is 534 g/mol. The number of ether oxygens (including phenoxy) is 3. The van der Waals surface area contributed by atoms with E-state index in [2.05, 4.69) is 15.6 Å². The third kappa shape index (κ3) is 7.47. The molecule has 8 heteroatoms. The molecule has 0 amide bonds. The van der Waals surface area contributed by atoms with Crippen molar-refractivity contribution in [2.45, 2.75) is 26.9 Å². The van der Waals surface area contributed by atoms with Gasteiger partial charge >= 0.3 is 0 Å². The lowest BCUT2D eigenvalue weighted by molar-refractivity contribution is 0.311. The molecule has 29 heavy (non-hydrogen) atoms. The highest BCUT2D eigenvalue weighted by molar-refractivity contribution is 14.0. The fourth-order valence-electron chi connectivity index (χ4n) is 2.69. The maximum Gasteiger partial charge on any atom is 0.191 e. The monoisotopic (exact) mass is 533 g/mol. The Morgan fingerprint density at radius 3 is 2.34 bits per heavy atom. The summed E-state index contributed by atoms with van der Waals surface area (Å²) in [6.45, 7) is 6.17. The van der Waals surface area contributed by atoms with Gasteiger partial charge in [-0.05, 0) is 37.6 Å². The molecule has 0 saturated carbocycles. The third-order valence-corrected chi connectivity index (χ3v) is 4.26. The van der Waals surface area contributed by atoms with Gasteiger partial charge in [-0.1, -0.05) is 29.8 Å². The molecule has 6 nitrogen and oxygen atoms in total. The van der Waals surface area contributed by atoms with E-state index in [0.29, 0.717) is 48.8 Å². The predicted molar refractivity (Wildman–Crippen MR) is 129 cm³/mol. The van der Waals surface area contributed by atoms with Gasteiger partial charge in [0.2, 0.25) is 0 Å². The topological polar surface area (TPSA) is 64.1 Å². The molecule has 0 aromatic heterocycles. The highest BCUT2D eigenvalue weighted by Gasteiger charge is 2.12. The Balaban J connectivity index is 0.00000420. The van der Waals surface area contributed by atoms with E-state index in [1.807, 2.05) is 50.2 Å². The van der Waals surface area contributed by atoms with Crippen LogP contribution in [0.25, 0.3) is 0 Å². The second kappa shape index (κ2) is 13.4. The molecule has 0 saturated heterocycles. The van der Waals surface area contributed by atoms with E-state index in [0.717, 1.165) is 16.9 Å². The highest BCUT2D eigenvalue weighted by Crippen LogP contribution is 2.36. The number of nitrogens with zero attached hydrogens (tertiary/aromatic N) is 1. The molecular formula is C21H29ClIN3O3. The summed E-state index contributed by atoms with van der Waals surface area (Å²) < 4.78 is 16.6. The number of aliphatic imine (C=N–C) groups is 1. The first-order chi connectivity index (χ1) is 13.6. The Hall–Kier alpha value is -1.87. The van der Waals surface area contributed by atoms with Gasteiger partial charge in [0.25, 0.3) is 0 Å². The summed E-state index contributed by atoms with van der Waals surface area (Å²) in [5, 5.41) is 7.10. The molecule has 2 N–H and O–H groups in total. The summed E-state index contributed by atoms with van der Waals surface area (Å²) in [4.78, 5) is 4.27. The molecule has 0 heterocycles. The SMILES string of the molecule is CCOc1ccccc1CNC(=NC)NCc1cc(Cl)c(OCC)c(OC)c1.I. The van der Waals surface area contributed by atoms with E-state index in [1.54, 1.807) is 14.2 Å². The Bertz CT molecular complexity index is 803. The van der Waals surface area contributed by atoms with Crippen LogP contribution in [0.4, 0.5) is 0 Å². The maximum atomic E-state index is 6.34. The number of methoxy groups -OCH3 is 1. The molecule has 0 radical (unpaired) electrons. The molecule has 0 aliphatic rings. The van der Waals surface area contributed by atoms with Gasteiger partial charge in [-0.25, -0.2) is 0 Å². The molecule has 0 aliphatic heterocycles. The largest absolute Gasteiger partial charge is 0.494 e. The smallest absolute Gasteiger partial charge is 0.191 e. The standard InChI is InChI=1S/C21H28ClN3O3.HI/c1-5-27-18-10-8-7-9-16(18)14-25-21(23-3)24-13-15-11-17(22)20(28-6-2)19(12-15)26-4;/h7-12H,5-6,13-14H2,1-4H3,(H2,23,24,25);1H. The number of halogens is 2. The minimum Gasteiger partial charge on any atom is -0.494 e. The fraction of sp³-hybridized carbons (Fsp3) is 0.381. The molecule has 0 bridgehead atoms. The van der Waals surface area contributed by atoms with Crippen molar-refractivity contribution in [3.63, 3.8) is 0 Å². The zero-order chi connectivity index (χ0) is 20.4. The molecule has 2 aromatic rings.